The minimum Gasteiger partial charge on any atom is -0.392 e. The van der Waals surface area contributed by atoms with Gasteiger partial charge in [-0.3, -0.25) is 0 Å². The van der Waals surface area contributed by atoms with Crippen LogP contribution in [0.4, 0.5) is 0 Å². The molecule has 2 nitrogen and oxygen atoms in total. The van der Waals surface area contributed by atoms with Crippen LogP contribution in [0.25, 0.3) is 0 Å². The topological polar surface area (TPSA) is 32.3 Å². The van der Waals surface area contributed by atoms with Gasteiger partial charge in [-0.1, -0.05) is 49.1 Å². The van der Waals surface area contributed by atoms with Crippen molar-refractivity contribution in [2.45, 2.75) is 76.0 Å². The van der Waals surface area contributed by atoms with Gasteiger partial charge in [0.1, 0.15) is 0 Å². The lowest BCUT2D eigenvalue weighted by molar-refractivity contribution is 0.102. The third-order valence-electron chi connectivity index (χ3n) is 5.08. The summed E-state index contributed by atoms with van der Waals surface area (Å²) in [5.41, 5.74) is 2.85. The Morgan fingerprint density at radius 3 is 2.70 bits per heavy atom. The summed E-state index contributed by atoms with van der Waals surface area (Å²) in [6, 6.07) is 9.86. The molecule has 0 radical (unpaired) electrons. The second-order valence-corrected chi connectivity index (χ2v) is 6.76. The first kappa shape index (κ1) is 14.1. The Morgan fingerprint density at radius 2 is 1.90 bits per heavy atom. The molecule has 0 bridgehead atoms. The second-order valence-electron chi connectivity index (χ2n) is 6.76. The van der Waals surface area contributed by atoms with Crippen molar-refractivity contribution in [3.8, 4) is 0 Å². The van der Waals surface area contributed by atoms with Crippen molar-refractivity contribution in [3.05, 3.63) is 35.4 Å². The van der Waals surface area contributed by atoms with Crippen LogP contribution in [0.5, 0.6) is 0 Å². The summed E-state index contributed by atoms with van der Waals surface area (Å²) >= 11 is 0. The van der Waals surface area contributed by atoms with Crippen molar-refractivity contribution in [1.29, 1.82) is 0 Å². The quantitative estimate of drug-likeness (QED) is 0.826. The zero-order chi connectivity index (χ0) is 13.9. The highest BCUT2D eigenvalue weighted by Gasteiger charge is 2.33. The van der Waals surface area contributed by atoms with E-state index in [4.69, 9.17) is 0 Å². The van der Waals surface area contributed by atoms with E-state index >= 15 is 0 Å². The van der Waals surface area contributed by atoms with Gasteiger partial charge in [0.05, 0.1) is 6.10 Å². The molecular formula is C18H27NO. The maximum Gasteiger partial charge on any atom is 0.0693 e. The minimum atomic E-state index is -0.129. The Morgan fingerprint density at radius 1 is 1.10 bits per heavy atom. The van der Waals surface area contributed by atoms with E-state index in [0.29, 0.717) is 12.1 Å². The maximum atomic E-state index is 10.2. The lowest BCUT2D eigenvalue weighted by atomic mass is 9.75. The average Bonchev–Trinajstić information content (AvgIpc) is 2.58. The Labute approximate surface area is 122 Å². The molecular weight excluding hydrogens is 246 g/mol. The largest absolute Gasteiger partial charge is 0.392 e. The van der Waals surface area contributed by atoms with Crippen LogP contribution in [0.15, 0.2) is 24.3 Å². The number of hydrogen-bond donors (Lipinski definition) is 2. The fourth-order valence-corrected chi connectivity index (χ4v) is 3.74. The van der Waals surface area contributed by atoms with E-state index in [0.717, 1.165) is 18.8 Å². The minimum absolute atomic E-state index is 0.129. The van der Waals surface area contributed by atoms with E-state index in [9.17, 15) is 5.11 Å². The summed E-state index contributed by atoms with van der Waals surface area (Å²) in [5, 5.41) is 13.9. The standard InChI is InChI=1S/C18H27NO/c1-13-6-5-7-14(10-13)15-11-16(12-15)19-17-8-3-2-4-9-18(17)20/h5-7,10,15-20H,2-4,8-9,11-12H2,1H3. The van der Waals surface area contributed by atoms with Crippen LogP contribution in [0.3, 0.4) is 0 Å². The van der Waals surface area contributed by atoms with Gasteiger partial charge in [0.2, 0.25) is 0 Å². The Kier molecular flexibility index (Phi) is 4.42. The van der Waals surface area contributed by atoms with Crippen LogP contribution in [0.1, 0.15) is 62.0 Å². The molecule has 2 N–H and O–H groups in total. The highest BCUT2D eigenvalue weighted by molar-refractivity contribution is 5.27. The molecule has 110 valence electrons. The Balaban J connectivity index is 1.50. The zero-order valence-corrected chi connectivity index (χ0v) is 12.5. The van der Waals surface area contributed by atoms with E-state index in [2.05, 4.69) is 36.5 Å². The zero-order valence-electron chi connectivity index (χ0n) is 12.5. The summed E-state index contributed by atoms with van der Waals surface area (Å²) in [6.45, 7) is 2.17. The molecule has 2 fully saturated rings. The van der Waals surface area contributed by atoms with Crippen LogP contribution in [-0.2, 0) is 0 Å². The van der Waals surface area contributed by atoms with Gasteiger partial charge in [0.15, 0.2) is 0 Å². The highest BCUT2D eigenvalue weighted by atomic mass is 16.3. The van der Waals surface area contributed by atoms with Crippen LogP contribution in [0.2, 0.25) is 0 Å². The smallest absolute Gasteiger partial charge is 0.0693 e. The van der Waals surface area contributed by atoms with Gasteiger partial charge in [-0.15, -0.1) is 0 Å². The van der Waals surface area contributed by atoms with Gasteiger partial charge in [0, 0.05) is 12.1 Å². The molecule has 2 aliphatic carbocycles. The van der Waals surface area contributed by atoms with E-state index in [-0.39, 0.29) is 6.10 Å². The summed E-state index contributed by atoms with van der Waals surface area (Å²) in [5.74, 6) is 0.718. The molecule has 20 heavy (non-hydrogen) atoms. The van der Waals surface area contributed by atoms with Crippen molar-refractivity contribution >= 4 is 0 Å². The van der Waals surface area contributed by atoms with Crippen molar-refractivity contribution in [2.75, 3.05) is 0 Å². The molecule has 2 unspecified atom stereocenters. The van der Waals surface area contributed by atoms with Gasteiger partial charge >= 0.3 is 0 Å². The molecule has 2 heteroatoms. The predicted octanol–water partition coefficient (Wildman–Crippen LogP) is 3.52. The number of aliphatic hydroxyl groups is 1. The lowest BCUT2D eigenvalue weighted by Crippen LogP contribution is -2.49. The van der Waals surface area contributed by atoms with Crippen molar-refractivity contribution < 1.29 is 5.11 Å². The number of hydrogen-bond acceptors (Lipinski definition) is 2. The fourth-order valence-electron chi connectivity index (χ4n) is 3.74. The van der Waals surface area contributed by atoms with Crippen LogP contribution < -0.4 is 5.32 Å². The summed E-state index contributed by atoms with van der Waals surface area (Å²) in [4.78, 5) is 0. The van der Waals surface area contributed by atoms with Crippen LogP contribution in [0, 0.1) is 6.92 Å². The summed E-state index contributed by atoms with van der Waals surface area (Å²) in [7, 11) is 0. The molecule has 0 amide bonds. The summed E-state index contributed by atoms with van der Waals surface area (Å²) in [6.07, 6.45) is 8.19. The second kappa shape index (κ2) is 6.28. The number of aliphatic hydroxyl groups excluding tert-OH is 1. The molecule has 2 aliphatic rings. The molecule has 2 saturated carbocycles. The Hall–Kier alpha value is -0.860. The normalized spacial score (nSPS) is 34.3. The molecule has 0 heterocycles. The monoisotopic (exact) mass is 273 g/mol. The molecule has 0 saturated heterocycles. The van der Waals surface area contributed by atoms with E-state index in [1.807, 2.05) is 0 Å². The van der Waals surface area contributed by atoms with E-state index in [1.54, 1.807) is 0 Å². The van der Waals surface area contributed by atoms with Gasteiger partial charge in [-0.05, 0) is 44.1 Å². The molecule has 0 spiro atoms. The predicted molar refractivity (Wildman–Crippen MR) is 83.0 cm³/mol. The Bertz CT molecular complexity index is 439. The van der Waals surface area contributed by atoms with Gasteiger partial charge in [-0.25, -0.2) is 0 Å². The maximum absolute atomic E-state index is 10.2. The van der Waals surface area contributed by atoms with Gasteiger partial charge in [-0.2, -0.15) is 0 Å². The average molecular weight is 273 g/mol. The van der Waals surface area contributed by atoms with Crippen LogP contribution in [-0.4, -0.2) is 23.3 Å². The fraction of sp³-hybridized carbons (Fsp3) is 0.667. The molecule has 0 aromatic heterocycles. The molecule has 1 aromatic rings. The first-order valence-corrected chi connectivity index (χ1v) is 8.23. The SMILES string of the molecule is Cc1cccc(C2CC(NC3CCCCCC3O)C2)c1. The lowest BCUT2D eigenvalue weighted by Gasteiger charge is -2.39. The van der Waals surface area contributed by atoms with Crippen LogP contribution >= 0.6 is 0 Å². The molecule has 2 atom stereocenters. The number of aryl methyl sites for hydroxylation is 1. The first-order valence-electron chi connectivity index (χ1n) is 8.23. The van der Waals surface area contributed by atoms with Gasteiger partial charge < -0.3 is 10.4 Å². The molecule has 1 aromatic carbocycles. The van der Waals surface area contributed by atoms with E-state index < -0.39 is 0 Å². The number of nitrogens with one attached hydrogen (secondary N) is 1. The molecule has 0 aliphatic heterocycles. The first-order chi connectivity index (χ1) is 9.72. The number of benzene rings is 1. The van der Waals surface area contributed by atoms with Gasteiger partial charge in [0.25, 0.3) is 0 Å². The van der Waals surface area contributed by atoms with Crippen molar-refractivity contribution in [3.63, 3.8) is 0 Å². The van der Waals surface area contributed by atoms with Crippen molar-refractivity contribution in [1.82, 2.24) is 5.32 Å². The van der Waals surface area contributed by atoms with E-state index in [1.165, 1.54) is 43.2 Å². The third-order valence-corrected chi connectivity index (χ3v) is 5.08. The molecule has 3 rings (SSSR count). The summed E-state index contributed by atoms with van der Waals surface area (Å²) < 4.78 is 0. The van der Waals surface area contributed by atoms with Crippen molar-refractivity contribution in [2.24, 2.45) is 0 Å². The highest BCUT2D eigenvalue weighted by Crippen LogP contribution is 2.37. The third kappa shape index (κ3) is 3.24. The number of rotatable bonds is 3.